The molecule has 176 valence electrons. The number of hydrogen-bond donors (Lipinski definition) is 1. The van der Waals surface area contributed by atoms with Crippen molar-refractivity contribution >= 4 is 50.9 Å². The van der Waals surface area contributed by atoms with Crippen LogP contribution in [0.3, 0.4) is 0 Å². The second-order valence-electron chi connectivity index (χ2n) is 7.54. The van der Waals surface area contributed by atoms with Crippen molar-refractivity contribution in [1.82, 2.24) is 14.5 Å². The topological polar surface area (TPSA) is 104 Å². The van der Waals surface area contributed by atoms with Gasteiger partial charge in [0, 0.05) is 23.1 Å². The molecule has 1 heterocycles. The Labute approximate surface area is 202 Å². The van der Waals surface area contributed by atoms with Gasteiger partial charge in [-0.05, 0) is 43.2 Å². The number of carbonyl (C=O) groups is 3. The van der Waals surface area contributed by atoms with Gasteiger partial charge in [-0.1, -0.05) is 48.3 Å². The van der Waals surface area contributed by atoms with E-state index in [9.17, 15) is 22.8 Å². The van der Waals surface area contributed by atoms with Crippen LogP contribution in [-0.2, 0) is 26.2 Å². The van der Waals surface area contributed by atoms with Crippen molar-refractivity contribution in [2.75, 3.05) is 13.1 Å². The molecule has 0 saturated heterocycles. The van der Waals surface area contributed by atoms with Crippen molar-refractivity contribution in [3.8, 4) is 0 Å². The van der Waals surface area contributed by atoms with Crippen LogP contribution in [0.15, 0.2) is 47.4 Å². The average Bonchev–Trinajstić information content (AvgIpc) is 2.97. The van der Waals surface area contributed by atoms with Gasteiger partial charge in [0.25, 0.3) is 15.9 Å². The molecule has 2 aromatic carbocycles. The highest BCUT2D eigenvalue weighted by molar-refractivity contribution is 7.90. The van der Waals surface area contributed by atoms with E-state index in [4.69, 9.17) is 23.2 Å². The zero-order valence-corrected chi connectivity index (χ0v) is 20.4. The van der Waals surface area contributed by atoms with Crippen LogP contribution < -0.4 is 5.32 Å². The maximum atomic E-state index is 13.3. The third-order valence-electron chi connectivity index (χ3n) is 5.26. The maximum absolute atomic E-state index is 13.3. The van der Waals surface area contributed by atoms with Crippen LogP contribution in [0, 0.1) is 0 Å². The molecule has 0 spiro atoms. The Bertz CT molecular complexity index is 1200. The molecule has 2 aromatic rings. The lowest BCUT2D eigenvalue weighted by molar-refractivity contribution is -0.140. The zero-order chi connectivity index (χ0) is 24.3. The lowest BCUT2D eigenvalue weighted by Crippen LogP contribution is -2.51. The van der Waals surface area contributed by atoms with Gasteiger partial charge in [-0.15, -0.1) is 0 Å². The molecule has 1 aliphatic heterocycles. The molecule has 0 aliphatic carbocycles. The molecule has 3 amide bonds. The summed E-state index contributed by atoms with van der Waals surface area (Å²) in [5.74, 6) is -1.91. The first-order valence-electron chi connectivity index (χ1n) is 10.2. The van der Waals surface area contributed by atoms with E-state index in [-0.39, 0.29) is 17.0 Å². The van der Waals surface area contributed by atoms with Gasteiger partial charge < -0.3 is 10.2 Å². The number of halogens is 2. The monoisotopic (exact) mass is 511 g/mol. The fraction of sp³-hybridized carbons (Fsp3) is 0.318. The van der Waals surface area contributed by atoms with Gasteiger partial charge in [0.1, 0.15) is 17.5 Å². The highest BCUT2D eigenvalue weighted by Crippen LogP contribution is 2.30. The molecule has 1 N–H and O–H groups in total. The van der Waals surface area contributed by atoms with Gasteiger partial charge >= 0.3 is 0 Å². The van der Waals surface area contributed by atoms with Gasteiger partial charge in [0.15, 0.2) is 0 Å². The molecule has 1 aliphatic rings. The first-order chi connectivity index (χ1) is 15.6. The Balaban J connectivity index is 1.90. The van der Waals surface area contributed by atoms with Crippen molar-refractivity contribution < 1.29 is 22.8 Å². The highest BCUT2D eigenvalue weighted by Gasteiger charge is 2.43. The Morgan fingerprint density at radius 2 is 1.85 bits per heavy atom. The van der Waals surface area contributed by atoms with Crippen LogP contribution in [0.1, 0.15) is 36.2 Å². The standard InChI is InChI=1S/C22H23Cl2N3O5S/c1-3-10-25-21(29)14(2)26(12-15-8-9-16(23)11-18(15)24)20(28)13-27-22(30)17-6-4-5-7-19(17)33(27,31)32/h4-9,11,14H,3,10,12-13H2,1-2H3,(H,25,29)/t14-/m0/s1. The van der Waals surface area contributed by atoms with E-state index in [1.165, 1.54) is 36.1 Å². The molecule has 8 nitrogen and oxygen atoms in total. The number of carbonyl (C=O) groups excluding carboxylic acids is 3. The minimum Gasteiger partial charge on any atom is -0.354 e. The van der Waals surface area contributed by atoms with Gasteiger partial charge in [-0.3, -0.25) is 14.4 Å². The van der Waals surface area contributed by atoms with E-state index in [1.807, 2.05) is 6.92 Å². The summed E-state index contributed by atoms with van der Waals surface area (Å²) in [5.41, 5.74) is 0.523. The second-order valence-corrected chi connectivity index (χ2v) is 10.2. The number of nitrogens with zero attached hydrogens (tertiary/aromatic N) is 2. The van der Waals surface area contributed by atoms with E-state index < -0.39 is 40.3 Å². The molecular formula is C22H23Cl2N3O5S. The quantitative estimate of drug-likeness (QED) is 0.586. The van der Waals surface area contributed by atoms with Crippen LogP contribution in [0.4, 0.5) is 0 Å². The number of sulfonamides is 1. The van der Waals surface area contributed by atoms with E-state index >= 15 is 0 Å². The summed E-state index contributed by atoms with van der Waals surface area (Å²) in [4.78, 5) is 39.7. The highest BCUT2D eigenvalue weighted by atomic mass is 35.5. The Morgan fingerprint density at radius 3 is 2.48 bits per heavy atom. The normalized spacial score (nSPS) is 15.2. The first kappa shape index (κ1) is 25.0. The maximum Gasteiger partial charge on any atom is 0.269 e. The average molecular weight is 512 g/mol. The molecule has 0 unspecified atom stereocenters. The van der Waals surface area contributed by atoms with Crippen molar-refractivity contribution in [2.24, 2.45) is 0 Å². The summed E-state index contributed by atoms with van der Waals surface area (Å²) in [5, 5.41) is 3.42. The van der Waals surface area contributed by atoms with E-state index in [0.717, 1.165) is 0 Å². The van der Waals surface area contributed by atoms with E-state index in [1.54, 1.807) is 18.2 Å². The largest absolute Gasteiger partial charge is 0.354 e. The lowest BCUT2D eigenvalue weighted by Gasteiger charge is -2.30. The van der Waals surface area contributed by atoms with Crippen LogP contribution in [0.5, 0.6) is 0 Å². The van der Waals surface area contributed by atoms with Gasteiger partial charge in [-0.25, -0.2) is 12.7 Å². The van der Waals surface area contributed by atoms with Gasteiger partial charge in [0.2, 0.25) is 11.8 Å². The number of amides is 3. The summed E-state index contributed by atoms with van der Waals surface area (Å²) in [6.45, 7) is 3.02. The van der Waals surface area contributed by atoms with Crippen LogP contribution in [-0.4, -0.2) is 54.5 Å². The molecule has 0 aromatic heterocycles. The molecule has 33 heavy (non-hydrogen) atoms. The fourth-order valence-corrected chi connectivity index (χ4v) is 5.40. The summed E-state index contributed by atoms with van der Waals surface area (Å²) >= 11 is 12.2. The molecule has 11 heteroatoms. The molecule has 0 radical (unpaired) electrons. The van der Waals surface area contributed by atoms with E-state index in [0.29, 0.717) is 32.9 Å². The fourth-order valence-electron chi connectivity index (χ4n) is 3.41. The third kappa shape index (κ3) is 5.15. The molecule has 3 rings (SSSR count). The second kappa shape index (κ2) is 10.1. The number of benzene rings is 2. The number of nitrogens with one attached hydrogen (secondary N) is 1. The van der Waals surface area contributed by atoms with Crippen molar-refractivity contribution in [1.29, 1.82) is 0 Å². The Morgan fingerprint density at radius 1 is 1.15 bits per heavy atom. The number of hydrogen-bond acceptors (Lipinski definition) is 5. The summed E-state index contributed by atoms with van der Waals surface area (Å²) in [7, 11) is -4.18. The molecule has 0 saturated carbocycles. The SMILES string of the molecule is CCCNC(=O)[C@H](C)N(Cc1ccc(Cl)cc1Cl)C(=O)CN1C(=O)c2ccccc2S1(=O)=O. The number of fused-ring (bicyclic) bond motifs is 1. The molecule has 1 atom stereocenters. The zero-order valence-electron chi connectivity index (χ0n) is 18.0. The predicted octanol–water partition coefficient (Wildman–Crippen LogP) is 3.08. The van der Waals surface area contributed by atoms with Crippen molar-refractivity contribution in [3.63, 3.8) is 0 Å². The summed E-state index contributed by atoms with van der Waals surface area (Å²) in [6, 6.07) is 9.54. The lowest BCUT2D eigenvalue weighted by atomic mass is 10.1. The molecular weight excluding hydrogens is 489 g/mol. The van der Waals surface area contributed by atoms with Crippen molar-refractivity contribution in [2.45, 2.75) is 37.8 Å². The van der Waals surface area contributed by atoms with E-state index in [2.05, 4.69) is 5.32 Å². The minimum absolute atomic E-state index is 0.00586. The smallest absolute Gasteiger partial charge is 0.269 e. The Hall–Kier alpha value is -2.62. The summed E-state index contributed by atoms with van der Waals surface area (Å²) in [6.07, 6.45) is 0.703. The first-order valence-corrected chi connectivity index (χ1v) is 12.4. The van der Waals surface area contributed by atoms with Gasteiger partial charge in [-0.2, -0.15) is 0 Å². The Kier molecular flexibility index (Phi) is 7.66. The molecule has 0 bridgehead atoms. The van der Waals surface area contributed by atoms with Crippen LogP contribution >= 0.6 is 23.2 Å². The summed E-state index contributed by atoms with van der Waals surface area (Å²) < 4.78 is 26.3. The van der Waals surface area contributed by atoms with Crippen LogP contribution in [0.25, 0.3) is 0 Å². The predicted molar refractivity (Wildman–Crippen MR) is 124 cm³/mol. The molecule has 0 fully saturated rings. The minimum atomic E-state index is -4.18. The van der Waals surface area contributed by atoms with Crippen LogP contribution in [0.2, 0.25) is 10.0 Å². The van der Waals surface area contributed by atoms with Gasteiger partial charge in [0.05, 0.1) is 5.56 Å². The number of rotatable bonds is 8. The van der Waals surface area contributed by atoms with Crippen molar-refractivity contribution in [3.05, 3.63) is 63.6 Å². The third-order valence-corrected chi connectivity index (χ3v) is 7.64.